The first-order valence-corrected chi connectivity index (χ1v) is 4.14. The van der Waals surface area contributed by atoms with E-state index in [2.05, 4.69) is 14.7 Å². The van der Waals surface area contributed by atoms with Crippen molar-refractivity contribution in [3.05, 3.63) is 42.0 Å². The molecule has 0 unspecified atom stereocenters. The summed E-state index contributed by atoms with van der Waals surface area (Å²) in [5.74, 6) is 0.557. The van der Waals surface area contributed by atoms with Crippen LogP contribution in [0, 0.1) is 0 Å². The number of nitrogens with zero attached hydrogens (tertiary/aromatic N) is 2. The van der Waals surface area contributed by atoms with E-state index in [1.807, 2.05) is 30.3 Å². The Morgan fingerprint density at radius 2 is 1.93 bits per heavy atom. The first-order chi connectivity index (χ1) is 6.84. The SMILES string of the molecule is Nc1ccc(C=Cc2ncon2)cc1. The van der Waals surface area contributed by atoms with Crippen LogP contribution in [0.3, 0.4) is 0 Å². The van der Waals surface area contributed by atoms with Gasteiger partial charge in [-0.2, -0.15) is 4.98 Å². The summed E-state index contributed by atoms with van der Waals surface area (Å²) in [7, 11) is 0. The molecule has 1 aromatic carbocycles. The Bertz CT molecular complexity index is 417. The van der Waals surface area contributed by atoms with Crippen molar-refractivity contribution in [3.63, 3.8) is 0 Å². The lowest BCUT2D eigenvalue weighted by Gasteiger charge is -1.93. The summed E-state index contributed by atoms with van der Waals surface area (Å²) in [5, 5.41) is 3.65. The van der Waals surface area contributed by atoms with E-state index in [4.69, 9.17) is 5.73 Å². The van der Waals surface area contributed by atoms with Gasteiger partial charge in [0.05, 0.1) is 0 Å². The zero-order valence-electron chi connectivity index (χ0n) is 7.42. The highest BCUT2D eigenvalue weighted by atomic mass is 16.5. The summed E-state index contributed by atoms with van der Waals surface area (Å²) in [5.41, 5.74) is 7.35. The largest absolute Gasteiger partial charge is 0.399 e. The number of hydrogen-bond donors (Lipinski definition) is 1. The summed E-state index contributed by atoms with van der Waals surface area (Å²) in [6.45, 7) is 0. The summed E-state index contributed by atoms with van der Waals surface area (Å²) in [6.07, 6.45) is 4.96. The molecule has 0 aliphatic heterocycles. The van der Waals surface area contributed by atoms with E-state index in [0.717, 1.165) is 11.3 Å². The van der Waals surface area contributed by atoms with Gasteiger partial charge < -0.3 is 10.3 Å². The first kappa shape index (κ1) is 8.50. The Hall–Kier alpha value is -2.10. The highest BCUT2D eigenvalue weighted by Gasteiger charge is 1.91. The van der Waals surface area contributed by atoms with Crippen molar-refractivity contribution in [2.75, 3.05) is 5.73 Å². The molecule has 2 N–H and O–H groups in total. The second kappa shape index (κ2) is 3.74. The van der Waals surface area contributed by atoms with Crippen LogP contribution in [0.4, 0.5) is 5.69 Å². The average molecular weight is 187 g/mol. The third-order valence-corrected chi connectivity index (χ3v) is 1.74. The predicted octanol–water partition coefficient (Wildman–Crippen LogP) is 1.82. The minimum Gasteiger partial charge on any atom is -0.399 e. The highest BCUT2D eigenvalue weighted by Crippen LogP contribution is 2.08. The van der Waals surface area contributed by atoms with Crippen LogP contribution < -0.4 is 5.73 Å². The van der Waals surface area contributed by atoms with Crippen molar-refractivity contribution < 1.29 is 4.52 Å². The lowest BCUT2D eigenvalue weighted by Crippen LogP contribution is -1.82. The number of aromatic nitrogens is 2. The molecule has 4 nitrogen and oxygen atoms in total. The minimum absolute atomic E-state index is 0.557. The van der Waals surface area contributed by atoms with Gasteiger partial charge in [-0.15, -0.1) is 0 Å². The molecule has 2 aromatic rings. The van der Waals surface area contributed by atoms with Crippen LogP contribution in [0.2, 0.25) is 0 Å². The van der Waals surface area contributed by atoms with Gasteiger partial charge in [0.25, 0.3) is 0 Å². The van der Waals surface area contributed by atoms with Gasteiger partial charge in [0, 0.05) is 5.69 Å². The van der Waals surface area contributed by atoms with E-state index in [1.54, 1.807) is 6.08 Å². The molecule has 0 radical (unpaired) electrons. The van der Waals surface area contributed by atoms with E-state index in [0.29, 0.717) is 5.82 Å². The molecule has 14 heavy (non-hydrogen) atoms. The molecular weight excluding hydrogens is 178 g/mol. The molecule has 4 heteroatoms. The minimum atomic E-state index is 0.557. The van der Waals surface area contributed by atoms with Crippen LogP contribution in [0.5, 0.6) is 0 Å². The molecule has 0 saturated carbocycles. The summed E-state index contributed by atoms with van der Waals surface area (Å²) < 4.78 is 4.59. The smallest absolute Gasteiger partial charge is 0.214 e. The molecule has 0 spiro atoms. The molecule has 1 aromatic heterocycles. The third-order valence-electron chi connectivity index (χ3n) is 1.74. The van der Waals surface area contributed by atoms with Crippen LogP contribution in [-0.2, 0) is 0 Å². The van der Waals surface area contributed by atoms with Crippen molar-refractivity contribution in [2.24, 2.45) is 0 Å². The molecule has 0 saturated heterocycles. The van der Waals surface area contributed by atoms with Gasteiger partial charge >= 0.3 is 0 Å². The van der Waals surface area contributed by atoms with Gasteiger partial charge in [0.1, 0.15) is 0 Å². The average Bonchev–Trinajstić information content (AvgIpc) is 2.70. The van der Waals surface area contributed by atoms with Gasteiger partial charge in [-0.3, -0.25) is 0 Å². The molecule has 70 valence electrons. The molecule has 0 atom stereocenters. The fourth-order valence-electron chi connectivity index (χ4n) is 1.03. The topological polar surface area (TPSA) is 64.9 Å². The van der Waals surface area contributed by atoms with Gasteiger partial charge in [0.15, 0.2) is 5.82 Å². The Morgan fingerprint density at radius 1 is 1.14 bits per heavy atom. The number of anilines is 1. The van der Waals surface area contributed by atoms with Crippen LogP contribution in [-0.4, -0.2) is 10.1 Å². The molecule has 0 aliphatic rings. The Labute approximate surface area is 81.1 Å². The normalized spacial score (nSPS) is 10.9. The molecule has 0 fully saturated rings. The number of hydrogen-bond acceptors (Lipinski definition) is 4. The standard InChI is InChI=1S/C10H9N3O/c11-9-4-1-8(2-5-9)3-6-10-12-7-14-13-10/h1-7H,11H2. The van der Waals surface area contributed by atoms with E-state index in [-0.39, 0.29) is 0 Å². The summed E-state index contributed by atoms with van der Waals surface area (Å²) in [4.78, 5) is 3.86. The van der Waals surface area contributed by atoms with Crippen molar-refractivity contribution in [3.8, 4) is 0 Å². The molecule has 2 rings (SSSR count). The molecular formula is C10H9N3O. The second-order valence-electron chi connectivity index (χ2n) is 2.79. The monoisotopic (exact) mass is 187 g/mol. The summed E-state index contributed by atoms with van der Waals surface area (Å²) in [6, 6.07) is 7.53. The molecule has 1 heterocycles. The second-order valence-corrected chi connectivity index (χ2v) is 2.79. The Balaban J connectivity index is 2.15. The van der Waals surface area contributed by atoms with Gasteiger partial charge in [-0.1, -0.05) is 23.4 Å². The molecule has 0 aliphatic carbocycles. The van der Waals surface area contributed by atoms with Crippen LogP contribution in [0.1, 0.15) is 11.4 Å². The van der Waals surface area contributed by atoms with E-state index < -0.39 is 0 Å². The predicted molar refractivity (Wildman–Crippen MR) is 54.1 cm³/mol. The van der Waals surface area contributed by atoms with E-state index >= 15 is 0 Å². The zero-order valence-corrected chi connectivity index (χ0v) is 7.42. The Morgan fingerprint density at radius 3 is 2.57 bits per heavy atom. The van der Waals surface area contributed by atoms with Gasteiger partial charge in [-0.05, 0) is 23.8 Å². The van der Waals surface area contributed by atoms with E-state index in [9.17, 15) is 0 Å². The number of rotatable bonds is 2. The fraction of sp³-hybridized carbons (Fsp3) is 0. The van der Waals surface area contributed by atoms with Crippen molar-refractivity contribution in [1.82, 2.24) is 10.1 Å². The third kappa shape index (κ3) is 1.98. The summed E-state index contributed by atoms with van der Waals surface area (Å²) >= 11 is 0. The number of nitrogen functional groups attached to an aromatic ring is 1. The van der Waals surface area contributed by atoms with Crippen LogP contribution in [0.25, 0.3) is 12.2 Å². The highest BCUT2D eigenvalue weighted by molar-refractivity contribution is 5.67. The number of nitrogens with two attached hydrogens (primary N) is 1. The van der Waals surface area contributed by atoms with Crippen LogP contribution in [0.15, 0.2) is 35.2 Å². The first-order valence-electron chi connectivity index (χ1n) is 4.14. The van der Waals surface area contributed by atoms with Crippen LogP contribution >= 0.6 is 0 Å². The van der Waals surface area contributed by atoms with Crippen molar-refractivity contribution in [2.45, 2.75) is 0 Å². The van der Waals surface area contributed by atoms with Gasteiger partial charge in [0.2, 0.25) is 6.39 Å². The zero-order chi connectivity index (χ0) is 9.80. The maximum Gasteiger partial charge on any atom is 0.214 e. The molecule has 0 bridgehead atoms. The van der Waals surface area contributed by atoms with Crippen molar-refractivity contribution >= 4 is 17.8 Å². The maximum atomic E-state index is 5.55. The molecule has 0 amide bonds. The van der Waals surface area contributed by atoms with Crippen molar-refractivity contribution in [1.29, 1.82) is 0 Å². The number of benzene rings is 1. The lowest BCUT2D eigenvalue weighted by molar-refractivity contribution is 0.415. The van der Waals surface area contributed by atoms with E-state index in [1.165, 1.54) is 6.39 Å². The van der Waals surface area contributed by atoms with Gasteiger partial charge in [-0.25, -0.2) is 0 Å². The quantitative estimate of drug-likeness (QED) is 0.728. The lowest BCUT2D eigenvalue weighted by atomic mass is 10.2. The maximum absolute atomic E-state index is 5.55. The fourth-order valence-corrected chi connectivity index (χ4v) is 1.03. The Kier molecular flexibility index (Phi) is 2.27.